The van der Waals surface area contributed by atoms with Gasteiger partial charge in [-0.2, -0.15) is 5.26 Å². The minimum absolute atomic E-state index is 0.0953. The van der Waals surface area contributed by atoms with Gasteiger partial charge in [0.15, 0.2) is 5.16 Å². The van der Waals surface area contributed by atoms with Gasteiger partial charge in [-0.3, -0.25) is 14.3 Å². The van der Waals surface area contributed by atoms with Crippen molar-refractivity contribution in [3.63, 3.8) is 0 Å². The fraction of sp³-hybridized carbons (Fsp3) is 0.474. The molecular weight excluding hydrogens is 367 g/mol. The Morgan fingerprint density at radius 2 is 2.22 bits per heavy atom. The molecule has 0 unspecified atom stereocenters. The minimum atomic E-state index is -0.476. The third-order valence-corrected chi connectivity index (χ3v) is 5.57. The molecule has 1 aliphatic rings. The predicted octanol–water partition coefficient (Wildman–Crippen LogP) is 2.98. The van der Waals surface area contributed by atoms with Crippen LogP contribution in [0.4, 0.5) is 4.39 Å². The maximum Gasteiger partial charge on any atom is 0.272 e. The maximum absolute atomic E-state index is 14.6. The molecule has 0 bridgehead atoms. The van der Waals surface area contributed by atoms with E-state index in [2.05, 4.69) is 9.97 Å². The third kappa shape index (κ3) is 3.75. The van der Waals surface area contributed by atoms with Gasteiger partial charge in [-0.15, -0.1) is 0 Å². The zero-order chi connectivity index (χ0) is 19.8. The number of nitriles is 1. The van der Waals surface area contributed by atoms with Gasteiger partial charge in [0, 0.05) is 42.5 Å². The summed E-state index contributed by atoms with van der Waals surface area (Å²) in [6, 6.07) is 3.24. The van der Waals surface area contributed by atoms with E-state index in [4.69, 9.17) is 4.74 Å². The van der Waals surface area contributed by atoms with Crippen LogP contribution in [0.15, 0.2) is 22.2 Å². The molecule has 0 spiro atoms. The number of nitrogens with zero attached hydrogens (tertiary/aromatic N) is 4. The van der Waals surface area contributed by atoms with E-state index in [1.54, 1.807) is 7.11 Å². The summed E-state index contributed by atoms with van der Waals surface area (Å²) in [5, 5.41) is 10.1. The molecule has 8 heteroatoms. The van der Waals surface area contributed by atoms with Crippen LogP contribution in [0.3, 0.4) is 0 Å². The number of hydrogen-bond acceptors (Lipinski definition) is 6. The molecule has 0 aromatic carbocycles. The summed E-state index contributed by atoms with van der Waals surface area (Å²) in [4.78, 5) is 21.6. The molecule has 2 aromatic heterocycles. The van der Waals surface area contributed by atoms with E-state index in [0.29, 0.717) is 29.6 Å². The fourth-order valence-corrected chi connectivity index (χ4v) is 4.13. The van der Waals surface area contributed by atoms with Crippen molar-refractivity contribution >= 4 is 11.8 Å². The van der Waals surface area contributed by atoms with Crippen molar-refractivity contribution in [1.82, 2.24) is 14.5 Å². The first-order valence-electron chi connectivity index (χ1n) is 8.59. The largest absolute Gasteiger partial charge is 0.384 e. The summed E-state index contributed by atoms with van der Waals surface area (Å²) in [5.74, 6) is 0.465. The van der Waals surface area contributed by atoms with Gasteiger partial charge < -0.3 is 4.74 Å². The Balaban J connectivity index is 2.11. The highest BCUT2D eigenvalue weighted by Crippen LogP contribution is 2.30. The van der Waals surface area contributed by atoms with Gasteiger partial charge >= 0.3 is 0 Å². The molecular formula is C19H21FN4O2S. The molecule has 0 aliphatic carbocycles. The normalized spacial score (nSPS) is 16.7. The average Bonchev–Trinajstić information content (AvgIpc) is 2.61. The standard InChI is InChI=1S/C19H21FN4O2S/c1-19(2,3)16-14(20)5-12(7-22-16)15-13(6-21)17(25)24-8-11(9-26-4)10-27-18(24)23-15/h5,7,11H,8-10H2,1-4H3/t11-/m0/s1. The number of thioether (sulfide) groups is 1. The molecule has 6 nitrogen and oxygen atoms in total. The van der Waals surface area contributed by atoms with Gasteiger partial charge in [0.2, 0.25) is 0 Å². The summed E-state index contributed by atoms with van der Waals surface area (Å²) in [5.41, 5.74) is -0.115. The van der Waals surface area contributed by atoms with Crippen molar-refractivity contribution in [3.05, 3.63) is 39.7 Å². The lowest BCUT2D eigenvalue weighted by molar-refractivity contribution is 0.149. The number of rotatable bonds is 3. The molecule has 2 aromatic rings. The first-order valence-corrected chi connectivity index (χ1v) is 9.58. The Labute approximate surface area is 161 Å². The predicted molar refractivity (Wildman–Crippen MR) is 101 cm³/mol. The molecule has 1 aliphatic heterocycles. The second-order valence-electron chi connectivity index (χ2n) is 7.58. The van der Waals surface area contributed by atoms with Gasteiger partial charge in [0.1, 0.15) is 17.4 Å². The highest BCUT2D eigenvalue weighted by molar-refractivity contribution is 7.99. The van der Waals surface area contributed by atoms with Crippen molar-refractivity contribution in [3.8, 4) is 17.3 Å². The number of methoxy groups -OCH3 is 1. The highest BCUT2D eigenvalue weighted by Gasteiger charge is 2.26. The molecule has 0 fully saturated rings. The Morgan fingerprint density at radius 3 is 2.81 bits per heavy atom. The van der Waals surface area contributed by atoms with Crippen LogP contribution in [-0.4, -0.2) is 34.0 Å². The molecule has 0 N–H and O–H groups in total. The molecule has 0 saturated heterocycles. The Kier molecular flexibility index (Phi) is 5.36. The highest BCUT2D eigenvalue weighted by atomic mass is 32.2. The van der Waals surface area contributed by atoms with Crippen LogP contribution in [0, 0.1) is 23.1 Å². The Bertz CT molecular complexity index is 975. The lowest BCUT2D eigenvalue weighted by atomic mass is 9.90. The quantitative estimate of drug-likeness (QED) is 0.752. The molecule has 142 valence electrons. The van der Waals surface area contributed by atoms with E-state index >= 15 is 0 Å². The molecule has 3 heterocycles. The van der Waals surface area contributed by atoms with Gasteiger partial charge in [0.05, 0.1) is 18.0 Å². The summed E-state index contributed by atoms with van der Waals surface area (Å²) in [6.07, 6.45) is 1.48. The fourth-order valence-electron chi connectivity index (χ4n) is 3.07. The van der Waals surface area contributed by atoms with Crippen LogP contribution in [0.1, 0.15) is 32.0 Å². The lowest BCUT2D eigenvalue weighted by Crippen LogP contribution is -2.34. The van der Waals surface area contributed by atoms with Crippen molar-refractivity contribution in [2.75, 3.05) is 19.5 Å². The SMILES string of the molecule is COC[C@H]1CSc2nc(-c3cnc(C(C)(C)C)c(F)c3)c(C#N)c(=O)n2C1. The first kappa shape index (κ1) is 19.5. The van der Waals surface area contributed by atoms with E-state index in [1.807, 2.05) is 26.8 Å². The van der Waals surface area contributed by atoms with E-state index in [0.717, 1.165) is 5.75 Å². The molecule has 3 rings (SSSR count). The second kappa shape index (κ2) is 7.41. The zero-order valence-electron chi connectivity index (χ0n) is 15.7. The van der Waals surface area contributed by atoms with Crippen molar-refractivity contribution < 1.29 is 9.13 Å². The van der Waals surface area contributed by atoms with Crippen LogP contribution < -0.4 is 5.56 Å². The number of pyridine rings is 1. The van der Waals surface area contributed by atoms with Gasteiger partial charge in [-0.25, -0.2) is 9.37 Å². The summed E-state index contributed by atoms with van der Waals surface area (Å²) >= 11 is 1.44. The van der Waals surface area contributed by atoms with Crippen molar-refractivity contribution in [2.45, 2.75) is 37.9 Å². The molecule has 0 saturated carbocycles. The Hall–Kier alpha value is -2.24. The van der Waals surface area contributed by atoms with Crippen LogP contribution >= 0.6 is 11.8 Å². The number of halogens is 1. The van der Waals surface area contributed by atoms with Crippen LogP contribution in [0.25, 0.3) is 11.3 Å². The summed E-state index contributed by atoms with van der Waals surface area (Å²) in [6.45, 7) is 6.60. The molecule has 0 radical (unpaired) electrons. The van der Waals surface area contributed by atoms with Gasteiger partial charge in [-0.05, 0) is 6.07 Å². The van der Waals surface area contributed by atoms with Crippen LogP contribution in [0.5, 0.6) is 0 Å². The maximum atomic E-state index is 14.6. The number of aromatic nitrogens is 3. The monoisotopic (exact) mass is 388 g/mol. The van der Waals surface area contributed by atoms with Crippen LogP contribution in [-0.2, 0) is 16.7 Å². The smallest absolute Gasteiger partial charge is 0.272 e. The number of ether oxygens (including phenoxy) is 1. The van der Waals surface area contributed by atoms with Crippen molar-refractivity contribution in [1.29, 1.82) is 5.26 Å². The van der Waals surface area contributed by atoms with Crippen LogP contribution in [0.2, 0.25) is 0 Å². The average molecular weight is 388 g/mol. The van der Waals surface area contributed by atoms with E-state index in [1.165, 1.54) is 28.6 Å². The van der Waals surface area contributed by atoms with E-state index < -0.39 is 16.8 Å². The van der Waals surface area contributed by atoms with Gasteiger partial charge in [-0.1, -0.05) is 32.5 Å². The molecule has 1 atom stereocenters. The topological polar surface area (TPSA) is 80.8 Å². The zero-order valence-corrected chi connectivity index (χ0v) is 16.6. The first-order chi connectivity index (χ1) is 12.8. The molecule has 27 heavy (non-hydrogen) atoms. The third-order valence-electron chi connectivity index (χ3n) is 4.36. The Morgan fingerprint density at radius 1 is 1.48 bits per heavy atom. The van der Waals surface area contributed by atoms with E-state index in [-0.39, 0.29) is 17.2 Å². The lowest BCUT2D eigenvalue weighted by Gasteiger charge is -2.25. The van der Waals surface area contributed by atoms with E-state index in [9.17, 15) is 14.4 Å². The summed E-state index contributed by atoms with van der Waals surface area (Å²) in [7, 11) is 1.62. The summed E-state index contributed by atoms with van der Waals surface area (Å²) < 4.78 is 21.2. The molecule has 0 amide bonds. The number of hydrogen-bond donors (Lipinski definition) is 0. The van der Waals surface area contributed by atoms with Gasteiger partial charge in [0.25, 0.3) is 5.56 Å². The van der Waals surface area contributed by atoms with Crippen molar-refractivity contribution in [2.24, 2.45) is 5.92 Å². The minimum Gasteiger partial charge on any atom is -0.384 e. The second-order valence-corrected chi connectivity index (χ2v) is 8.57. The number of fused-ring (bicyclic) bond motifs is 1.